The van der Waals surface area contributed by atoms with Crippen LogP contribution in [0, 0.1) is 6.92 Å². The Balaban J connectivity index is 1.69. The van der Waals surface area contributed by atoms with Crippen LogP contribution in [0.4, 0.5) is 24.5 Å². The number of methoxy groups -OCH3 is 1. The summed E-state index contributed by atoms with van der Waals surface area (Å²) in [5.74, 6) is -1.77. The third-order valence-electron chi connectivity index (χ3n) is 6.60. The normalized spacial score (nSPS) is 19.8. The number of allylic oxidation sites excluding steroid dienone is 1. The molecule has 0 saturated carbocycles. The lowest BCUT2D eigenvalue weighted by Crippen LogP contribution is -2.45. The van der Waals surface area contributed by atoms with Gasteiger partial charge in [0.1, 0.15) is 11.8 Å². The molecular formula is C27H23F3N2O3S. The molecule has 5 nitrogen and oxygen atoms in total. The number of ether oxygens (including phenoxy) is 1. The number of Topliss-reactive ketones (excluding diaryl/α,β-unsaturated/α-hetero) is 1. The molecule has 3 aromatic rings. The molecule has 2 aromatic carbocycles. The highest BCUT2D eigenvalue weighted by Crippen LogP contribution is 2.49. The number of hydrogen-bond donors (Lipinski definition) is 1. The molecule has 0 saturated heterocycles. The first kappa shape index (κ1) is 24.1. The second kappa shape index (κ2) is 9.13. The first-order valence-electron chi connectivity index (χ1n) is 11.4. The van der Waals surface area contributed by atoms with Crippen LogP contribution in [-0.2, 0) is 9.59 Å². The van der Waals surface area contributed by atoms with E-state index in [4.69, 9.17) is 4.74 Å². The molecule has 186 valence electrons. The van der Waals surface area contributed by atoms with E-state index in [0.29, 0.717) is 34.0 Å². The van der Waals surface area contributed by atoms with Crippen molar-refractivity contribution in [3.8, 4) is 5.75 Å². The molecule has 0 bridgehead atoms. The van der Waals surface area contributed by atoms with E-state index in [2.05, 4.69) is 5.32 Å². The number of halogens is 3. The highest BCUT2D eigenvalue weighted by Gasteiger charge is 2.50. The summed E-state index contributed by atoms with van der Waals surface area (Å²) < 4.78 is 47.0. The molecule has 1 amide bonds. The van der Waals surface area contributed by atoms with Crippen molar-refractivity contribution in [2.75, 3.05) is 17.3 Å². The Kier molecular flexibility index (Phi) is 6.12. The first-order chi connectivity index (χ1) is 17.2. The maximum atomic E-state index is 13.9. The molecule has 36 heavy (non-hydrogen) atoms. The third-order valence-corrected chi connectivity index (χ3v) is 7.52. The number of carbonyl (C=O) groups excluding carboxylic acids is 2. The molecular weight excluding hydrogens is 489 g/mol. The smallest absolute Gasteiger partial charge is 0.471 e. The molecule has 2 atom stereocenters. The summed E-state index contributed by atoms with van der Waals surface area (Å²) in [7, 11) is 1.57. The number of hydrogen-bond acceptors (Lipinski definition) is 5. The average molecular weight is 513 g/mol. The predicted molar refractivity (Wildman–Crippen MR) is 132 cm³/mol. The third kappa shape index (κ3) is 4.28. The van der Waals surface area contributed by atoms with Gasteiger partial charge in [0.25, 0.3) is 0 Å². The van der Waals surface area contributed by atoms with E-state index in [1.165, 1.54) is 11.3 Å². The number of fused-ring (bicyclic) bond motifs is 1. The average Bonchev–Trinajstić information content (AvgIpc) is 3.33. The summed E-state index contributed by atoms with van der Waals surface area (Å²) in [6.45, 7) is 1.75. The van der Waals surface area contributed by atoms with Crippen LogP contribution in [-0.4, -0.2) is 25.0 Å². The van der Waals surface area contributed by atoms with Crippen molar-refractivity contribution in [1.82, 2.24) is 0 Å². The number of amides is 1. The van der Waals surface area contributed by atoms with Crippen molar-refractivity contribution in [3.63, 3.8) is 0 Å². The van der Waals surface area contributed by atoms with E-state index in [9.17, 15) is 22.8 Å². The van der Waals surface area contributed by atoms with Gasteiger partial charge in [0.2, 0.25) is 0 Å². The van der Waals surface area contributed by atoms with Crippen molar-refractivity contribution in [1.29, 1.82) is 0 Å². The summed E-state index contributed by atoms with van der Waals surface area (Å²) in [5.41, 5.74) is 2.82. The molecule has 0 unspecified atom stereocenters. The fraction of sp³-hybridized carbons (Fsp3) is 0.259. The standard InChI is InChI=1S/C27H23F3N2O3S/c1-15-5-10-19-21(12-15)32(26(34)27(28,29)30)25(23-4-3-11-36-23)24-20(31-19)13-17(14-22(24)33)16-6-8-18(35-2)9-7-16/h3-12,17,25,31H,13-14H2,1-2H3/t17-,25-/m0/s1. The van der Waals surface area contributed by atoms with Crippen molar-refractivity contribution in [2.45, 2.75) is 37.9 Å². The van der Waals surface area contributed by atoms with Gasteiger partial charge < -0.3 is 10.1 Å². The van der Waals surface area contributed by atoms with Crippen LogP contribution in [0.1, 0.15) is 40.8 Å². The number of aryl methyl sites for hydroxylation is 1. The molecule has 1 aromatic heterocycles. The van der Waals surface area contributed by atoms with E-state index in [-0.39, 0.29) is 29.4 Å². The molecule has 2 aliphatic rings. The largest absolute Gasteiger partial charge is 0.497 e. The molecule has 1 aliphatic heterocycles. The number of benzene rings is 2. The molecule has 0 fully saturated rings. The van der Waals surface area contributed by atoms with Gasteiger partial charge in [-0.1, -0.05) is 24.3 Å². The zero-order valence-electron chi connectivity index (χ0n) is 19.6. The van der Waals surface area contributed by atoms with Crippen molar-refractivity contribution in [3.05, 3.63) is 87.3 Å². The summed E-state index contributed by atoms with van der Waals surface area (Å²) in [5, 5.41) is 4.98. The number of rotatable bonds is 3. The van der Waals surface area contributed by atoms with E-state index in [0.717, 1.165) is 10.5 Å². The minimum absolute atomic E-state index is 0.0962. The van der Waals surface area contributed by atoms with Crippen molar-refractivity contribution >= 4 is 34.4 Å². The van der Waals surface area contributed by atoms with E-state index < -0.39 is 18.1 Å². The van der Waals surface area contributed by atoms with Crippen LogP contribution in [0.15, 0.2) is 71.2 Å². The lowest BCUT2D eigenvalue weighted by molar-refractivity contribution is -0.170. The van der Waals surface area contributed by atoms with Gasteiger partial charge in [-0.15, -0.1) is 11.3 Å². The minimum atomic E-state index is -5.12. The van der Waals surface area contributed by atoms with Crippen LogP contribution in [0.5, 0.6) is 5.75 Å². The van der Waals surface area contributed by atoms with Gasteiger partial charge in [-0.3, -0.25) is 14.5 Å². The van der Waals surface area contributed by atoms with Crippen LogP contribution < -0.4 is 15.0 Å². The van der Waals surface area contributed by atoms with Crippen molar-refractivity contribution < 1.29 is 27.5 Å². The quantitative estimate of drug-likeness (QED) is 0.434. The maximum Gasteiger partial charge on any atom is 0.471 e. The van der Waals surface area contributed by atoms with Crippen LogP contribution in [0.2, 0.25) is 0 Å². The number of anilines is 2. The van der Waals surface area contributed by atoms with E-state index >= 15 is 0 Å². The second-order valence-corrected chi connectivity index (χ2v) is 9.91. The van der Waals surface area contributed by atoms with Crippen molar-refractivity contribution in [2.24, 2.45) is 0 Å². The van der Waals surface area contributed by atoms with Gasteiger partial charge in [0.05, 0.1) is 18.5 Å². The number of nitrogens with zero attached hydrogens (tertiary/aromatic N) is 1. The van der Waals surface area contributed by atoms with Crippen LogP contribution >= 0.6 is 11.3 Å². The maximum absolute atomic E-state index is 13.9. The fourth-order valence-electron chi connectivity index (χ4n) is 4.94. The topological polar surface area (TPSA) is 58.6 Å². The predicted octanol–water partition coefficient (Wildman–Crippen LogP) is 6.53. The zero-order valence-corrected chi connectivity index (χ0v) is 20.4. The summed E-state index contributed by atoms with van der Waals surface area (Å²) in [6, 6.07) is 14.6. The summed E-state index contributed by atoms with van der Waals surface area (Å²) in [4.78, 5) is 27.8. The Morgan fingerprint density at radius 2 is 1.86 bits per heavy atom. The molecule has 0 spiro atoms. The van der Waals surface area contributed by atoms with Gasteiger partial charge in [-0.2, -0.15) is 13.2 Å². The molecule has 5 rings (SSSR count). The lowest BCUT2D eigenvalue weighted by atomic mass is 9.79. The van der Waals surface area contributed by atoms with Gasteiger partial charge in [-0.05, 0) is 66.1 Å². The highest BCUT2D eigenvalue weighted by molar-refractivity contribution is 7.10. The number of carbonyl (C=O) groups is 2. The van der Waals surface area contributed by atoms with E-state index in [1.54, 1.807) is 49.7 Å². The second-order valence-electron chi connectivity index (χ2n) is 8.93. The Morgan fingerprint density at radius 3 is 2.50 bits per heavy atom. The number of thiophene rings is 1. The van der Waals surface area contributed by atoms with Gasteiger partial charge in [0.15, 0.2) is 5.78 Å². The number of ketones is 1. The monoisotopic (exact) mass is 512 g/mol. The number of nitrogens with one attached hydrogen (secondary N) is 1. The Morgan fingerprint density at radius 1 is 1.11 bits per heavy atom. The van der Waals surface area contributed by atoms with Gasteiger partial charge in [0, 0.05) is 22.6 Å². The fourth-order valence-corrected chi connectivity index (χ4v) is 5.76. The zero-order chi connectivity index (χ0) is 25.6. The number of alkyl halides is 3. The lowest BCUT2D eigenvalue weighted by Gasteiger charge is -2.34. The van der Waals surface area contributed by atoms with Crippen LogP contribution in [0.25, 0.3) is 0 Å². The minimum Gasteiger partial charge on any atom is -0.497 e. The highest BCUT2D eigenvalue weighted by atomic mass is 32.1. The molecule has 2 heterocycles. The van der Waals surface area contributed by atoms with Gasteiger partial charge in [-0.25, -0.2) is 0 Å². The Bertz CT molecular complexity index is 1350. The van der Waals surface area contributed by atoms with Gasteiger partial charge >= 0.3 is 12.1 Å². The first-order valence-corrected chi connectivity index (χ1v) is 12.3. The Labute approximate surface area is 210 Å². The summed E-state index contributed by atoms with van der Waals surface area (Å²) >= 11 is 1.22. The van der Waals surface area contributed by atoms with E-state index in [1.807, 2.05) is 24.3 Å². The molecule has 1 N–H and O–H groups in total. The Hall–Kier alpha value is -3.59. The molecule has 1 aliphatic carbocycles. The van der Waals surface area contributed by atoms with Crippen LogP contribution in [0.3, 0.4) is 0 Å². The summed E-state index contributed by atoms with van der Waals surface area (Å²) in [6.07, 6.45) is -4.58. The SMILES string of the molecule is COc1ccc([C@@H]2CC(=O)C3=C(C2)Nc2ccc(C)cc2N(C(=O)C(F)(F)F)[C@H]3c2cccs2)cc1. The molecule has 9 heteroatoms. The molecule has 0 radical (unpaired) electrons.